The Hall–Kier alpha value is -2.86. The van der Waals surface area contributed by atoms with Gasteiger partial charge in [-0.15, -0.1) is 0 Å². The number of aryl methyl sites for hydroxylation is 1. The molecule has 1 atom stereocenters. The number of nitrogens with one attached hydrogen (secondary N) is 1. The van der Waals surface area contributed by atoms with E-state index in [1.807, 2.05) is 55.5 Å². The average molecular weight is 383 g/mol. The van der Waals surface area contributed by atoms with Crippen LogP contribution in [0.1, 0.15) is 27.4 Å². The molecule has 3 aromatic rings. The molecule has 0 bridgehead atoms. The lowest BCUT2D eigenvalue weighted by Gasteiger charge is -2.08. The molecule has 2 aromatic carbocycles. The first-order valence-corrected chi connectivity index (χ1v) is 9.82. The molecule has 1 N–H and O–H groups in total. The Bertz CT molecular complexity index is 964. The van der Waals surface area contributed by atoms with E-state index in [9.17, 15) is 9.00 Å². The lowest BCUT2D eigenvalue weighted by Crippen LogP contribution is -2.22. The maximum atomic E-state index is 12.5. The van der Waals surface area contributed by atoms with Crippen LogP contribution in [0.2, 0.25) is 0 Å². The smallest absolute Gasteiger partial charge is 0.287 e. The average Bonchev–Trinajstić information content (AvgIpc) is 3.15. The van der Waals surface area contributed by atoms with E-state index in [4.69, 9.17) is 9.15 Å². The summed E-state index contributed by atoms with van der Waals surface area (Å²) in [6.07, 6.45) is 0. The summed E-state index contributed by atoms with van der Waals surface area (Å²) in [5.74, 6) is 1.32. The number of ether oxygens (including phenoxy) is 1. The predicted octanol–water partition coefficient (Wildman–Crippen LogP) is 3.83. The third-order valence-corrected chi connectivity index (χ3v) is 5.37. The molecular formula is C21H21NO4S. The van der Waals surface area contributed by atoms with Crippen LogP contribution in [0.3, 0.4) is 0 Å². The van der Waals surface area contributed by atoms with Gasteiger partial charge in [-0.25, -0.2) is 0 Å². The number of carbonyl (C=O) groups excluding carboxylic acids is 1. The number of methoxy groups -OCH3 is 1. The molecule has 0 aliphatic rings. The van der Waals surface area contributed by atoms with Crippen molar-refractivity contribution in [3.63, 3.8) is 0 Å². The molecule has 140 valence electrons. The maximum absolute atomic E-state index is 12.5. The van der Waals surface area contributed by atoms with Crippen LogP contribution in [-0.4, -0.2) is 17.2 Å². The van der Waals surface area contributed by atoms with E-state index in [1.54, 1.807) is 19.2 Å². The highest BCUT2D eigenvalue weighted by Gasteiger charge is 2.14. The minimum atomic E-state index is -1.22. The highest BCUT2D eigenvalue weighted by molar-refractivity contribution is 7.84. The standard InChI is InChI=1S/C21H21NO4S/c1-15-6-5-8-18(12-15)27(24)14-17-10-11-20(26-17)21(23)22-13-16-7-3-4-9-19(16)25-2/h3-12H,13-14H2,1-2H3,(H,22,23). The summed E-state index contributed by atoms with van der Waals surface area (Å²) in [4.78, 5) is 13.1. The summed E-state index contributed by atoms with van der Waals surface area (Å²) in [6.45, 7) is 2.28. The molecule has 0 aliphatic carbocycles. The zero-order valence-corrected chi connectivity index (χ0v) is 16.0. The Morgan fingerprint density at radius 2 is 1.93 bits per heavy atom. The van der Waals surface area contributed by atoms with Gasteiger partial charge >= 0.3 is 0 Å². The van der Waals surface area contributed by atoms with Gasteiger partial charge in [0.1, 0.15) is 11.5 Å². The molecule has 5 nitrogen and oxygen atoms in total. The zero-order valence-electron chi connectivity index (χ0n) is 15.2. The summed E-state index contributed by atoms with van der Waals surface area (Å²) in [6, 6.07) is 18.3. The number of hydrogen-bond acceptors (Lipinski definition) is 4. The summed E-state index contributed by atoms with van der Waals surface area (Å²) < 4.78 is 23.3. The number of furan rings is 1. The molecule has 6 heteroatoms. The monoisotopic (exact) mass is 383 g/mol. The van der Waals surface area contributed by atoms with Crippen LogP contribution >= 0.6 is 0 Å². The lowest BCUT2D eigenvalue weighted by atomic mass is 10.2. The Morgan fingerprint density at radius 3 is 2.70 bits per heavy atom. The lowest BCUT2D eigenvalue weighted by molar-refractivity contribution is 0.0921. The fraction of sp³-hybridized carbons (Fsp3) is 0.190. The van der Waals surface area contributed by atoms with Gasteiger partial charge in [-0.1, -0.05) is 30.3 Å². The fourth-order valence-corrected chi connectivity index (χ4v) is 3.79. The fourth-order valence-electron chi connectivity index (χ4n) is 2.66. The Balaban J connectivity index is 1.61. The van der Waals surface area contributed by atoms with E-state index in [0.29, 0.717) is 18.1 Å². The van der Waals surface area contributed by atoms with E-state index in [0.717, 1.165) is 16.0 Å². The van der Waals surface area contributed by atoms with Crippen molar-refractivity contribution in [3.8, 4) is 5.75 Å². The molecule has 0 saturated carbocycles. The van der Waals surface area contributed by atoms with Crippen LogP contribution in [-0.2, 0) is 23.1 Å². The second-order valence-electron chi connectivity index (χ2n) is 6.07. The normalized spacial score (nSPS) is 11.8. The van der Waals surface area contributed by atoms with Crippen molar-refractivity contribution in [2.24, 2.45) is 0 Å². The van der Waals surface area contributed by atoms with Gasteiger partial charge in [0.2, 0.25) is 0 Å². The Labute approximate surface area is 160 Å². The molecule has 0 aliphatic heterocycles. The van der Waals surface area contributed by atoms with E-state index < -0.39 is 10.8 Å². The number of amides is 1. The van der Waals surface area contributed by atoms with Gasteiger partial charge in [-0.3, -0.25) is 9.00 Å². The topological polar surface area (TPSA) is 68.5 Å². The van der Waals surface area contributed by atoms with Crippen LogP contribution in [0.5, 0.6) is 5.75 Å². The summed E-state index contributed by atoms with van der Waals surface area (Å²) in [7, 11) is 0.367. The van der Waals surface area contributed by atoms with Crippen molar-refractivity contribution in [1.29, 1.82) is 0 Å². The summed E-state index contributed by atoms with van der Waals surface area (Å²) >= 11 is 0. The molecule has 3 rings (SSSR count). The number of rotatable bonds is 7. The van der Waals surface area contributed by atoms with Crippen LogP contribution in [0.25, 0.3) is 0 Å². The molecule has 27 heavy (non-hydrogen) atoms. The second-order valence-corrected chi connectivity index (χ2v) is 7.52. The van der Waals surface area contributed by atoms with E-state index in [1.165, 1.54) is 0 Å². The molecule has 1 aromatic heterocycles. The largest absolute Gasteiger partial charge is 0.496 e. The highest BCUT2D eigenvalue weighted by atomic mass is 32.2. The Morgan fingerprint density at radius 1 is 1.11 bits per heavy atom. The first-order chi connectivity index (χ1) is 13.1. The van der Waals surface area contributed by atoms with Crippen molar-refractivity contribution < 1.29 is 18.2 Å². The first kappa shape index (κ1) is 18.9. The number of hydrogen-bond donors (Lipinski definition) is 1. The van der Waals surface area contributed by atoms with Gasteiger partial charge < -0.3 is 14.5 Å². The SMILES string of the molecule is COc1ccccc1CNC(=O)c1ccc(CS(=O)c2cccc(C)c2)o1. The molecule has 0 fully saturated rings. The van der Waals surface area contributed by atoms with Crippen molar-refractivity contribution in [1.82, 2.24) is 5.32 Å². The van der Waals surface area contributed by atoms with Gasteiger partial charge in [0.05, 0.1) is 23.7 Å². The van der Waals surface area contributed by atoms with E-state index in [-0.39, 0.29) is 17.4 Å². The first-order valence-electron chi connectivity index (χ1n) is 8.50. The van der Waals surface area contributed by atoms with Crippen molar-refractivity contribution >= 4 is 16.7 Å². The van der Waals surface area contributed by atoms with Crippen LogP contribution in [0.4, 0.5) is 0 Å². The Kier molecular flexibility index (Phi) is 6.08. The third kappa shape index (κ3) is 4.86. The molecular weight excluding hydrogens is 362 g/mol. The predicted molar refractivity (Wildman–Crippen MR) is 104 cm³/mol. The van der Waals surface area contributed by atoms with E-state index in [2.05, 4.69) is 5.32 Å². The van der Waals surface area contributed by atoms with Gasteiger partial charge in [-0.2, -0.15) is 0 Å². The van der Waals surface area contributed by atoms with Crippen molar-refractivity contribution in [3.05, 3.63) is 83.3 Å². The van der Waals surface area contributed by atoms with Gasteiger partial charge in [0.25, 0.3) is 5.91 Å². The number of para-hydroxylation sites is 1. The molecule has 0 saturated heterocycles. The van der Waals surface area contributed by atoms with Gasteiger partial charge in [-0.05, 0) is 42.8 Å². The number of benzene rings is 2. The van der Waals surface area contributed by atoms with E-state index >= 15 is 0 Å². The summed E-state index contributed by atoms with van der Waals surface area (Å²) in [5, 5.41) is 2.81. The zero-order chi connectivity index (χ0) is 19.2. The van der Waals surface area contributed by atoms with Crippen molar-refractivity contribution in [2.45, 2.75) is 24.1 Å². The molecule has 1 amide bonds. The molecule has 1 heterocycles. The quantitative estimate of drug-likeness (QED) is 0.673. The molecule has 0 spiro atoms. The summed E-state index contributed by atoms with van der Waals surface area (Å²) in [5.41, 5.74) is 1.93. The van der Waals surface area contributed by atoms with Crippen LogP contribution in [0.15, 0.2) is 70.0 Å². The highest BCUT2D eigenvalue weighted by Crippen LogP contribution is 2.18. The van der Waals surface area contributed by atoms with Crippen molar-refractivity contribution in [2.75, 3.05) is 7.11 Å². The van der Waals surface area contributed by atoms with Crippen LogP contribution in [0, 0.1) is 6.92 Å². The third-order valence-electron chi connectivity index (χ3n) is 4.04. The van der Waals surface area contributed by atoms with Gasteiger partial charge in [0, 0.05) is 17.0 Å². The second kappa shape index (κ2) is 8.68. The maximum Gasteiger partial charge on any atom is 0.287 e. The van der Waals surface area contributed by atoms with Gasteiger partial charge in [0.15, 0.2) is 5.76 Å². The number of carbonyl (C=O) groups is 1. The molecule has 1 unspecified atom stereocenters. The molecule has 0 radical (unpaired) electrons. The minimum Gasteiger partial charge on any atom is -0.496 e. The minimum absolute atomic E-state index is 0.196. The van der Waals surface area contributed by atoms with Crippen LogP contribution < -0.4 is 10.1 Å².